The third-order valence-corrected chi connectivity index (χ3v) is 5.42. The first-order valence-corrected chi connectivity index (χ1v) is 10.2. The normalized spacial score (nSPS) is 16.3. The SMILES string of the molecule is Cc1ccnc2c1N(Cc1cccc(F)c1F)C=C(C(N)=O)C2.OC1CCCCC1. The largest absolute Gasteiger partial charge is 0.393 e. The molecule has 160 valence electrons. The van der Waals surface area contributed by atoms with E-state index in [1.807, 2.05) is 13.0 Å². The molecule has 0 radical (unpaired) electrons. The third-order valence-electron chi connectivity index (χ3n) is 5.42. The van der Waals surface area contributed by atoms with E-state index in [0.29, 0.717) is 17.7 Å². The van der Waals surface area contributed by atoms with Crippen LogP contribution in [0.15, 0.2) is 42.2 Å². The number of hydrogen-bond acceptors (Lipinski definition) is 4. The van der Waals surface area contributed by atoms with Gasteiger partial charge in [0, 0.05) is 30.0 Å². The Kier molecular flexibility index (Phi) is 7.15. The molecule has 1 aromatic heterocycles. The molecule has 1 aromatic carbocycles. The van der Waals surface area contributed by atoms with Crippen molar-refractivity contribution < 1.29 is 18.7 Å². The fraction of sp³-hybridized carbons (Fsp3) is 0.391. The molecule has 1 saturated carbocycles. The van der Waals surface area contributed by atoms with Crippen LogP contribution in [0.1, 0.15) is 48.9 Å². The van der Waals surface area contributed by atoms with Crippen molar-refractivity contribution >= 4 is 11.6 Å². The van der Waals surface area contributed by atoms with Crippen LogP contribution in [-0.4, -0.2) is 22.1 Å². The van der Waals surface area contributed by atoms with Gasteiger partial charge in [-0.3, -0.25) is 9.78 Å². The summed E-state index contributed by atoms with van der Waals surface area (Å²) < 4.78 is 27.4. The van der Waals surface area contributed by atoms with Crippen LogP contribution in [-0.2, 0) is 17.8 Å². The number of pyridine rings is 1. The van der Waals surface area contributed by atoms with Crippen molar-refractivity contribution in [3.63, 3.8) is 0 Å². The molecule has 3 N–H and O–H groups in total. The molecule has 0 atom stereocenters. The highest BCUT2D eigenvalue weighted by molar-refractivity contribution is 5.94. The van der Waals surface area contributed by atoms with Crippen LogP contribution in [0.4, 0.5) is 14.5 Å². The Morgan fingerprint density at radius 2 is 1.97 bits per heavy atom. The molecule has 5 nitrogen and oxygen atoms in total. The van der Waals surface area contributed by atoms with Gasteiger partial charge in [-0.2, -0.15) is 0 Å². The summed E-state index contributed by atoms with van der Waals surface area (Å²) in [4.78, 5) is 17.5. The molecule has 4 rings (SSSR count). The first-order chi connectivity index (χ1) is 14.4. The molecule has 2 aromatic rings. The van der Waals surface area contributed by atoms with E-state index in [1.54, 1.807) is 17.3 Å². The van der Waals surface area contributed by atoms with Crippen LogP contribution in [0.5, 0.6) is 0 Å². The van der Waals surface area contributed by atoms with Gasteiger partial charge in [0.2, 0.25) is 5.91 Å². The highest BCUT2D eigenvalue weighted by Gasteiger charge is 2.24. The topological polar surface area (TPSA) is 79.5 Å². The molecule has 7 heteroatoms. The summed E-state index contributed by atoms with van der Waals surface area (Å²) in [7, 11) is 0. The second-order valence-electron chi connectivity index (χ2n) is 7.75. The lowest BCUT2D eigenvalue weighted by atomic mass is 9.98. The molecule has 0 saturated heterocycles. The summed E-state index contributed by atoms with van der Waals surface area (Å²) in [6, 6.07) is 5.86. The number of benzene rings is 1. The fourth-order valence-electron chi connectivity index (χ4n) is 3.82. The van der Waals surface area contributed by atoms with Crippen LogP contribution in [0.2, 0.25) is 0 Å². The van der Waals surface area contributed by atoms with Crippen LogP contribution in [0, 0.1) is 18.6 Å². The zero-order valence-electron chi connectivity index (χ0n) is 17.1. The number of nitrogens with two attached hydrogens (primary N) is 1. The number of carbonyl (C=O) groups is 1. The third kappa shape index (κ3) is 5.21. The summed E-state index contributed by atoms with van der Waals surface area (Å²) in [5.41, 5.74) is 8.38. The Balaban J connectivity index is 0.000000310. The van der Waals surface area contributed by atoms with Crippen molar-refractivity contribution in [3.05, 3.63) is 70.7 Å². The summed E-state index contributed by atoms with van der Waals surface area (Å²) in [6.07, 6.45) is 9.49. The number of aliphatic hydroxyl groups excluding tert-OH is 1. The van der Waals surface area contributed by atoms with Crippen molar-refractivity contribution in [1.29, 1.82) is 0 Å². The van der Waals surface area contributed by atoms with E-state index in [9.17, 15) is 13.6 Å². The van der Waals surface area contributed by atoms with E-state index < -0.39 is 17.5 Å². The number of aryl methyl sites for hydroxylation is 1. The number of hydrogen-bond donors (Lipinski definition) is 2. The number of amides is 1. The van der Waals surface area contributed by atoms with Gasteiger partial charge in [0.05, 0.1) is 24.0 Å². The molecule has 0 unspecified atom stereocenters. The maximum atomic E-state index is 14.0. The van der Waals surface area contributed by atoms with Crippen molar-refractivity contribution in [2.75, 3.05) is 4.90 Å². The van der Waals surface area contributed by atoms with Gasteiger partial charge >= 0.3 is 0 Å². The van der Waals surface area contributed by atoms with E-state index in [1.165, 1.54) is 31.4 Å². The molecule has 1 fully saturated rings. The summed E-state index contributed by atoms with van der Waals surface area (Å²) in [5, 5.41) is 8.91. The molecule has 1 aliphatic carbocycles. The van der Waals surface area contributed by atoms with E-state index in [2.05, 4.69) is 4.98 Å². The molecule has 30 heavy (non-hydrogen) atoms. The number of aliphatic hydroxyl groups is 1. The number of halogens is 2. The lowest BCUT2D eigenvalue weighted by Gasteiger charge is -2.29. The number of aromatic nitrogens is 1. The van der Waals surface area contributed by atoms with E-state index in [4.69, 9.17) is 10.8 Å². The van der Waals surface area contributed by atoms with Gasteiger partial charge in [0.25, 0.3) is 0 Å². The molecular formula is C23H27F2N3O2. The second-order valence-corrected chi connectivity index (χ2v) is 7.75. The molecule has 2 aliphatic rings. The summed E-state index contributed by atoms with van der Waals surface area (Å²) >= 11 is 0. The number of primary amides is 1. The number of rotatable bonds is 3. The summed E-state index contributed by atoms with van der Waals surface area (Å²) in [5.74, 6) is -2.35. The maximum Gasteiger partial charge on any atom is 0.246 e. The molecular weight excluding hydrogens is 388 g/mol. The molecule has 1 aliphatic heterocycles. The van der Waals surface area contributed by atoms with Gasteiger partial charge in [0.15, 0.2) is 11.6 Å². The van der Waals surface area contributed by atoms with E-state index in [-0.39, 0.29) is 18.2 Å². The minimum Gasteiger partial charge on any atom is -0.393 e. The van der Waals surface area contributed by atoms with Gasteiger partial charge < -0.3 is 15.7 Å². The Morgan fingerprint density at radius 1 is 1.23 bits per heavy atom. The van der Waals surface area contributed by atoms with Crippen LogP contribution in [0.25, 0.3) is 0 Å². The Labute approximate surface area is 175 Å². The van der Waals surface area contributed by atoms with Crippen LogP contribution < -0.4 is 10.6 Å². The maximum absolute atomic E-state index is 14.0. The van der Waals surface area contributed by atoms with Crippen LogP contribution >= 0.6 is 0 Å². The molecule has 2 heterocycles. The van der Waals surface area contributed by atoms with Crippen molar-refractivity contribution in [1.82, 2.24) is 4.98 Å². The average Bonchev–Trinajstić information content (AvgIpc) is 2.72. The van der Waals surface area contributed by atoms with E-state index in [0.717, 1.165) is 30.2 Å². The first kappa shape index (κ1) is 21.9. The molecule has 1 amide bonds. The van der Waals surface area contributed by atoms with Gasteiger partial charge in [-0.1, -0.05) is 31.4 Å². The second kappa shape index (κ2) is 9.80. The predicted octanol–water partition coefficient (Wildman–Crippen LogP) is 3.91. The zero-order valence-corrected chi connectivity index (χ0v) is 17.1. The highest BCUT2D eigenvalue weighted by atomic mass is 19.2. The Morgan fingerprint density at radius 3 is 2.60 bits per heavy atom. The zero-order chi connectivity index (χ0) is 21.7. The van der Waals surface area contributed by atoms with Crippen molar-refractivity contribution in [2.24, 2.45) is 5.73 Å². The smallest absolute Gasteiger partial charge is 0.246 e. The van der Waals surface area contributed by atoms with Crippen molar-refractivity contribution in [3.8, 4) is 0 Å². The standard InChI is InChI=1S/C17H15F2N3O.C6H12O/c1-10-5-6-21-14-7-12(17(20)23)9-22(16(10)14)8-11-3-2-4-13(18)15(11)19;7-6-4-2-1-3-5-6/h2-6,9H,7-8H2,1H3,(H2,20,23);6-7H,1-5H2. The van der Waals surface area contributed by atoms with Gasteiger partial charge in [0.1, 0.15) is 0 Å². The fourth-order valence-corrected chi connectivity index (χ4v) is 3.82. The number of nitrogens with zero attached hydrogens (tertiary/aromatic N) is 2. The van der Waals surface area contributed by atoms with Gasteiger partial charge in [-0.15, -0.1) is 0 Å². The molecule has 0 spiro atoms. The Bertz CT molecular complexity index is 940. The van der Waals surface area contributed by atoms with Gasteiger partial charge in [-0.25, -0.2) is 8.78 Å². The lowest BCUT2D eigenvalue weighted by Crippen LogP contribution is -2.28. The van der Waals surface area contributed by atoms with Crippen LogP contribution in [0.3, 0.4) is 0 Å². The Hall–Kier alpha value is -2.80. The number of anilines is 1. The predicted molar refractivity (Wildman–Crippen MR) is 112 cm³/mol. The monoisotopic (exact) mass is 415 g/mol. The minimum absolute atomic E-state index is 0.0359. The molecule has 0 bridgehead atoms. The summed E-state index contributed by atoms with van der Waals surface area (Å²) in [6.45, 7) is 1.98. The first-order valence-electron chi connectivity index (χ1n) is 10.2. The van der Waals surface area contributed by atoms with E-state index >= 15 is 0 Å². The number of fused-ring (bicyclic) bond motifs is 1. The van der Waals surface area contributed by atoms with Gasteiger partial charge in [-0.05, 0) is 37.5 Å². The average molecular weight is 415 g/mol. The minimum atomic E-state index is -0.901. The highest BCUT2D eigenvalue weighted by Crippen LogP contribution is 2.32. The lowest BCUT2D eigenvalue weighted by molar-refractivity contribution is -0.114. The number of carbonyl (C=O) groups excluding carboxylic acids is 1. The quantitative estimate of drug-likeness (QED) is 0.797. The van der Waals surface area contributed by atoms with Crippen molar-refractivity contribution in [2.45, 2.75) is 58.1 Å².